The van der Waals surface area contributed by atoms with Crippen molar-refractivity contribution in [3.63, 3.8) is 0 Å². The lowest BCUT2D eigenvalue weighted by Gasteiger charge is -2.33. The lowest BCUT2D eigenvalue weighted by atomic mass is 10.2. The zero-order valence-corrected chi connectivity index (χ0v) is 14.1. The molecular weight excluding hydrogens is 338 g/mol. The van der Waals surface area contributed by atoms with Crippen LogP contribution in [-0.4, -0.2) is 42.3 Å². The molecule has 0 amide bonds. The van der Waals surface area contributed by atoms with Crippen molar-refractivity contribution in [2.75, 3.05) is 26.2 Å². The minimum absolute atomic E-state index is 0.983. The van der Waals surface area contributed by atoms with Gasteiger partial charge >= 0.3 is 0 Å². The molecule has 0 N–H and O–H groups in total. The van der Waals surface area contributed by atoms with E-state index in [2.05, 4.69) is 73.4 Å². The molecule has 3 rings (SSSR count). The molecule has 0 unspecified atom stereocenters. The maximum atomic E-state index is 4.60. The van der Waals surface area contributed by atoms with Crippen molar-refractivity contribution in [2.45, 2.75) is 6.54 Å². The Hall–Kier alpha value is -1.65. The summed E-state index contributed by atoms with van der Waals surface area (Å²) in [5.41, 5.74) is 2.51. The molecule has 0 aliphatic carbocycles. The van der Waals surface area contributed by atoms with Crippen molar-refractivity contribution in [3.05, 3.63) is 70.2 Å². The number of benzene rings is 2. The molecule has 1 fully saturated rings. The summed E-state index contributed by atoms with van der Waals surface area (Å²) < 4.78 is 1.09. The number of nitrogens with zero attached hydrogens (tertiary/aromatic N) is 3. The number of rotatable bonds is 4. The molecule has 0 spiro atoms. The van der Waals surface area contributed by atoms with Crippen LogP contribution in [-0.2, 0) is 6.54 Å². The summed E-state index contributed by atoms with van der Waals surface area (Å²) in [6, 6.07) is 18.9. The summed E-state index contributed by atoms with van der Waals surface area (Å²) in [7, 11) is 0. The van der Waals surface area contributed by atoms with Gasteiger partial charge in [0.1, 0.15) is 0 Å². The minimum Gasteiger partial charge on any atom is -0.295 e. The molecule has 2 aromatic rings. The van der Waals surface area contributed by atoms with Crippen LogP contribution in [0.5, 0.6) is 0 Å². The van der Waals surface area contributed by atoms with Gasteiger partial charge in [-0.15, -0.1) is 0 Å². The summed E-state index contributed by atoms with van der Waals surface area (Å²) in [4.78, 5) is 2.49. The van der Waals surface area contributed by atoms with Gasteiger partial charge < -0.3 is 0 Å². The first-order valence-electron chi connectivity index (χ1n) is 7.60. The standard InChI is InChI=1S/C18H20BrN3/c19-18-8-4-7-17(13-18)14-20-22-11-9-21(10-12-22)15-16-5-2-1-3-6-16/h1-8,13-14H,9-12,15H2/b20-14-. The highest BCUT2D eigenvalue weighted by molar-refractivity contribution is 9.10. The summed E-state index contributed by atoms with van der Waals surface area (Å²) in [6.45, 7) is 5.12. The fourth-order valence-corrected chi connectivity index (χ4v) is 3.00. The topological polar surface area (TPSA) is 18.8 Å². The van der Waals surface area contributed by atoms with Gasteiger partial charge in [-0.1, -0.05) is 58.4 Å². The van der Waals surface area contributed by atoms with Crippen LogP contribution in [0.2, 0.25) is 0 Å². The lowest BCUT2D eigenvalue weighted by molar-refractivity contribution is 0.131. The van der Waals surface area contributed by atoms with Crippen LogP contribution in [0.1, 0.15) is 11.1 Å². The smallest absolute Gasteiger partial charge is 0.0543 e. The molecule has 22 heavy (non-hydrogen) atoms. The highest BCUT2D eigenvalue weighted by atomic mass is 79.9. The van der Waals surface area contributed by atoms with Crippen molar-refractivity contribution < 1.29 is 0 Å². The summed E-state index contributed by atoms with van der Waals surface area (Å²) in [5.74, 6) is 0. The molecular formula is C18H20BrN3. The third-order valence-electron chi connectivity index (χ3n) is 3.82. The molecule has 0 aromatic heterocycles. The van der Waals surface area contributed by atoms with Crippen LogP contribution in [0, 0.1) is 0 Å². The Balaban J connectivity index is 1.49. The van der Waals surface area contributed by atoms with E-state index in [1.165, 1.54) is 5.56 Å². The monoisotopic (exact) mass is 357 g/mol. The van der Waals surface area contributed by atoms with E-state index < -0.39 is 0 Å². The van der Waals surface area contributed by atoms with Crippen molar-refractivity contribution in [2.24, 2.45) is 5.10 Å². The van der Waals surface area contributed by atoms with Gasteiger partial charge in [-0.3, -0.25) is 9.91 Å². The first-order valence-corrected chi connectivity index (χ1v) is 8.40. The van der Waals surface area contributed by atoms with E-state index in [0.29, 0.717) is 0 Å². The SMILES string of the molecule is Brc1cccc(/C=N\N2CCN(Cc3ccccc3)CC2)c1. The van der Waals surface area contributed by atoms with Gasteiger partial charge in [-0.25, -0.2) is 0 Å². The van der Waals surface area contributed by atoms with Crippen molar-refractivity contribution in [1.82, 2.24) is 9.91 Å². The van der Waals surface area contributed by atoms with Crippen LogP contribution in [0.3, 0.4) is 0 Å². The predicted octanol–water partition coefficient (Wildman–Crippen LogP) is 3.60. The van der Waals surface area contributed by atoms with E-state index in [1.54, 1.807) is 0 Å². The van der Waals surface area contributed by atoms with E-state index in [0.717, 1.165) is 42.8 Å². The van der Waals surface area contributed by atoms with Gasteiger partial charge in [0, 0.05) is 37.2 Å². The van der Waals surface area contributed by atoms with Crippen molar-refractivity contribution >= 4 is 22.1 Å². The third kappa shape index (κ3) is 4.42. The molecule has 1 saturated heterocycles. The Labute approximate surface area is 140 Å². The predicted molar refractivity (Wildman–Crippen MR) is 95.0 cm³/mol. The average molecular weight is 358 g/mol. The first kappa shape index (κ1) is 15.3. The summed E-state index contributed by atoms with van der Waals surface area (Å²) in [5, 5.41) is 6.75. The Morgan fingerprint density at radius 3 is 2.45 bits per heavy atom. The largest absolute Gasteiger partial charge is 0.295 e. The van der Waals surface area contributed by atoms with Crippen LogP contribution in [0.4, 0.5) is 0 Å². The number of piperazine rings is 1. The Bertz CT molecular complexity index is 619. The van der Waals surface area contributed by atoms with Crippen LogP contribution >= 0.6 is 15.9 Å². The lowest BCUT2D eigenvalue weighted by Crippen LogP contribution is -2.43. The Morgan fingerprint density at radius 2 is 1.73 bits per heavy atom. The molecule has 1 heterocycles. The maximum absolute atomic E-state index is 4.60. The molecule has 4 heteroatoms. The van der Waals surface area contributed by atoms with Crippen LogP contribution in [0.25, 0.3) is 0 Å². The van der Waals surface area contributed by atoms with Gasteiger partial charge in [0.2, 0.25) is 0 Å². The van der Waals surface area contributed by atoms with Gasteiger partial charge in [-0.05, 0) is 23.3 Å². The number of hydrogen-bond acceptors (Lipinski definition) is 3. The zero-order valence-electron chi connectivity index (χ0n) is 12.5. The van der Waals surface area contributed by atoms with Crippen molar-refractivity contribution in [3.8, 4) is 0 Å². The first-order chi connectivity index (χ1) is 10.8. The second-order valence-electron chi connectivity index (χ2n) is 5.51. The van der Waals surface area contributed by atoms with E-state index in [1.807, 2.05) is 18.3 Å². The molecule has 1 aliphatic heterocycles. The number of hydrazone groups is 1. The molecule has 3 nitrogen and oxygen atoms in total. The second-order valence-corrected chi connectivity index (χ2v) is 6.43. The molecule has 2 aromatic carbocycles. The maximum Gasteiger partial charge on any atom is 0.0543 e. The van der Waals surface area contributed by atoms with Gasteiger partial charge in [-0.2, -0.15) is 5.10 Å². The Morgan fingerprint density at radius 1 is 0.955 bits per heavy atom. The zero-order chi connectivity index (χ0) is 15.2. The highest BCUT2D eigenvalue weighted by Gasteiger charge is 2.15. The van der Waals surface area contributed by atoms with Gasteiger partial charge in [0.15, 0.2) is 0 Å². The molecule has 114 valence electrons. The number of halogens is 1. The van der Waals surface area contributed by atoms with Crippen LogP contribution < -0.4 is 0 Å². The fourth-order valence-electron chi connectivity index (χ4n) is 2.59. The quantitative estimate of drug-likeness (QED) is 0.778. The minimum atomic E-state index is 0.983. The normalized spacial score (nSPS) is 16.3. The van der Waals surface area contributed by atoms with E-state index in [9.17, 15) is 0 Å². The molecule has 0 radical (unpaired) electrons. The fraction of sp³-hybridized carbons (Fsp3) is 0.278. The summed E-state index contributed by atoms with van der Waals surface area (Å²) >= 11 is 3.49. The van der Waals surface area contributed by atoms with Gasteiger partial charge in [0.05, 0.1) is 6.21 Å². The Kier molecular flexibility index (Phi) is 5.24. The molecule has 0 atom stereocenters. The van der Waals surface area contributed by atoms with E-state index in [-0.39, 0.29) is 0 Å². The van der Waals surface area contributed by atoms with E-state index >= 15 is 0 Å². The van der Waals surface area contributed by atoms with E-state index in [4.69, 9.17) is 0 Å². The summed E-state index contributed by atoms with van der Waals surface area (Å²) in [6.07, 6.45) is 1.94. The average Bonchev–Trinajstić information content (AvgIpc) is 2.55. The molecule has 0 saturated carbocycles. The molecule has 1 aliphatic rings. The third-order valence-corrected chi connectivity index (χ3v) is 4.31. The second kappa shape index (κ2) is 7.56. The van der Waals surface area contributed by atoms with Crippen molar-refractivity contribution in [1.29, 1.82) is 0 Å². The number of hydrogen-bond donors (Lipinski definition) is 0. The highest BCUT2D eigenvalue weighted by Crippen LogP contribution is 2.11. The van der Waals surface area contributed by atoms with Gasteiger partial charge in [0.25, 0.3) is 0 Å². The molecule has 0 bridgehead atoms. The van der Waals surface area contributed by atoms with Crippen LogP contribution in [0.15, 0.2) is 64.2 Å².